The van der Waals surface area contributed by atoms with Gasteiger partial charge in [-0.25, -0.2) is 4.79 Å². The average molecular weight is 534 g/mol. The molecule has 0 saturated heterocycles. The second-order valence-electron chi connectivity index (χ2n) is 9.38. The maximum Gasteiger partial charge on any atom is 0.333 e. The van der Waals surface area contributed by atoms with E-state index in [2.05, 4.69) is 25.1 Å². The van der Waals surface area contributed by atoms with Crippen molar-refractivity contribution in [2.24, 2.45) is 0 Å². The highest BCUT2D eigenvalue weighted by Gasteiger charge is 2.35. The fraction of sp³-hybridized carbons (Fsp3) is 0.323. The lowest BCUT2D eigenvalue weighted by Crippen LogP contribution is -2.23. The van der Waals surface area contributed by atoms with Gasteiger partial charge in [-0.2, -0.15) is 0 Å². The lowest BCUT2D eigenvalue weighted by atomic mass is 9.82. The van der Waals surface area contributed by atoms with Crippen LogP contribution in [0.25, 0.3) is 0 Å². The van der Waals surface area contributed by atoms with E-state index in [1.165, 1.54) is 6.07 Å². The Kier molecular flexibility index (Phi) is 10.1. The van der Waals surface area contributed by atoms with Crippen molar-refractivity contribution in [1.82, 2.24) is 0 Å². The number of aromatic hydroxyl groups is 1. The highest BCUT2D eigenvalue weighted by atomic mass is 16.5. The number of phenols is 1. The minimum Gasteiger partial charge on any atom is -0.507 e. The Hall–Kier alpha value is -4.33. The largest absolute Gasteiger partial charge is 0.507 e. The number of hydrogen-bond acceptors (Lipinski definition) is 8. The third-order valence-electron chi connectivity index (χ3n) is 6.14. The quantitative estimate of drug-likeness (QED) is 0.0635. The molecule has 39 heavy (non-hydrogen) atoms. The van der Waals surface area contributed by atoms with Crippen molar-refractivity contribution < 1.29 is 33.7 Å². The van der Waals surface area contributed by atoms with Gasteiger partial charge in [0.25, 0.3) is 0 Å². The van der Waals surface area contributed by atoms with Gasteiger partial charge in [-0.3, -0.25) is 9.59 Å². The smallest absolute Gasteiger partial charge is 0.333 e. The first kappa shape index (κ1) is 29.2. The van der Waals surface area contributed by atoms with Crippen LogP contribution in [0, 0.1) is 0 Å². The summed E-state index contributed by atoms with van der Waals surface area (Å²) < 4.78 is 16.6. The molecule has 1 aliphatic carbocycles. The molecule has 0 atom stereocenters. The number of phenolic OH excluding ortho intramolecular Hbond substituents is 1. The molecule has 206 valence electrons. The van der Waals surface area contributed by atoms with Gasteiger partial charge >= 0.3 is 5.97 Å². The number of fused-ring (bicyclic) bond motifs is 2. The molecular weight excluding hydrogens is 498 g/mol. The zero-order chi connectivity index (χ0) is 28.5. The number of rotatable bonds is 15. The zero-order valence-electron chi connectivity index (χ0n) is 22.6. The number of benzene rings is 2. The molecule has 0 unspecified atom stereocenters. The maximum absolute atomic E-state index is 13.5. The summed E-state index contributed by atoms with van der Waals surface area (Å²) in [6.45, 7) is 15.9. The Balaban J connectivity index is 1.76. The molecule has 0 spiro atoms. The van der Waals surface area contributed by atoms with E-state index in [-0.39, 0.29) is 46.1 Å². The summed E-state index contributed by atoms with van der Waals surface area (Å²) in [6.07, 6.45) is 2.53. The topological polar surface area (TPSA) is 111 Å². The first-order valence-corrected chi connectivity index (χ1v) is 12.9. The summed E-state index contributed by atoms with van der Waals surface area (Å²) in [4.78, 5) is 38.3. The lowest BCUT2D eigenvalue weighted by molar-refractivity contribution is -0.139. The van der Waals surface area contributed by atoms with Crippen molar-refractivity contribution in [3.63, 3.8) is 0 Å². The number of ether oxygens (including phenoxy) is 3. The Morgan fingerprint density at radius 2 is 1.44 bits per heavy atom. The lowest BCUT2D eigenvalue weighted by Gasteiger charge is -2.24. The highest BCUT2D eigenvalue weighted by Crippen LogP contribution is 2.42. The van der Waals surface area contributed by atoms with Crippen molar-refractivity contribution in [2.45, 2.75) is 39.5 Å². The van der Waals surface area contributed by atoms with Crippen molar-refractivity contribution in [3.05, 3.63) is 89.2 Å². The maximum atomic E-state index is 13.5. The van der Waals surface area contributed by atoms with Gasteiger partial charge in [0.05, 0.1) is 36.6 Å². The monoisotopic (exact) mass is 533 g/mol. The SMILES string of the molecule is C=C(C)C(=C)OCCCCOc1cc(O)c2c(c1NCCCCOC(=O)C(=C)C)C(=O)c1ccccc1C2=O. The van der Waals surface area contributed by atoms with E-state index in [1.807, 2.05) is 6.92 Å². The molecular formula is C31H35NO7. The minimum absolute atomic E-state index is 0.0457. The van der Waals surface area contributed by atoms with Gasteiger partial charge < -0.3 is 24.6 Å². The van der Waals surface area contributed by atoms with Gasteiger partial charge in [0.15, 0.2) is 11.6 Å². The first-order valence-electron chi connectivity index (χ1n) is 12.9. The van der Waals surface area contributed by atoms with E-state index >= 15 is 0 Å². The zero-order valence-corrected chi connectivity index (χ0v) is 22.6. The molecule has 0 amide bonds. The number of nitrogens with one attached hydrogen (secondary N) is 1. The van der Waals surface area contributed by atoms with Crippen LogP contribution in [0.4, 0.5) is 5.69 Å². The van der Waals surface area contributed by atoms with Crippen LogP contribution in [0.3, 0.4) is 0 Å². The van der Waals surface area contributed by atoms with Crippen LogP contribution in [0.2, 0.25) is 0 Å². The molecule has 3 rings (SSSR count). The van der Waals surface area contributed by atoms with Crippen molar-refractivity contribution in [3.8, 4) is 11.5 Å². The predicted molar refractivity (Wildman–Crippen MR) is 150 cm³/mol. The minimum atomic E-state index is -0.441. The molecule has 8 nitrogen and oxygen atoms in total. The Morgan fingerprint density at radius 3 is 2.08 bits per heavy atom. The van der Waals surface area contributed by atoms with Gasteiger partial charge in [0.2, 0.25) is 0 Å². The Labute approximate surface area is 229 Å². The summed E-state index contributed by atoms with van der Waals surface area (Å²) in [5, 5.41) is 14.0. The van der Waals surface area contributed by atoms with Gasteiger partial charge in [-0.05, 0) is 45.1 Å². The highest BCUT2D eigenvalue weighted by molar-refractivity contribution is 6.31. The summed E-state index contributed by atoms with van der Waals surface area (Å²) in [7, 11) is 0. The molecule has 2 N–H and O–H groups in total. The fourth-order valence-electron chi connectivity index (χ4n) is 3.97. The molecule has 1 aliphatic rings. The number of ketones is 2. The van der Waals surface area contributed by atoms with Crippen LogP contribution in [0.5, 0.6) is 11.5 Å². The summed E-state index contributed by atoms with van der Waals surface area (Å²) in [6, 6.07) is 7.92. The molecule has 0 heterocycles. The van der Waals surface area contributed by atoms with E-state index in [1.54, 1.807) is 31.2 Å². The van der Waals surface area contributed by atoms with Crippen LogP contribution in [-0.4, -0.2) is 49.0 Å². The Morgan fingerprint density at radius 1 is 0.846 bits per heavy atom. The molecule has 2 aromatic carbocycles. The third-order valence-corrected chi connectivity index (χ3v) is 6.14. The van der Waals surface area contributed by atoms with E-state index in [0.717, 1.165) is 5.57 Å². The summed E-state index contributed by atoms with van der Waals surface area (Å²) >= 11 is 0. The number of allylic oxidation sites excluding steroid dienone is 1. The summed E-state index contributed by atoms with van der Waals surface area (Å²) in [5.41, 5.74) is 2.01. The number of carbonyl (C=O) groups is 3. The number of hydrogen-bond donors (Lipinski definition) is 2. The van der Waals surface area contributed by atoms with Gasteiger partial charge in [0, 0.05) is 29.3 Å². The molecule has 0 aromatic heterocycles. The van der Waals surface area contributed by atoms with Crippen molar-refractivity contribution in [2.75, 3.05) is 31.7 Å². The first-order chi connectivity index (χ1) is 18.6. The molecule has 0 fully saturated rings. The molecule has 2 aromatic rings. The van der Waals surface area contributed by atoms with Crippen LogP contribution in [-0.2, 0) is 14.3 Å². The standard InChI is InChI=1S/C31H35NO7/c1-19(2)21(5)37-15-10-11-16-38-25-18-24(33)26-27(30(35)23-13-7-6-12-22(23)29(26)34)28(25)32-14-8-9-17-39-31(36)20(3)4/h6-7,12-13,18,32-33H,1,3,5,8-11,14-17H2,2,4H3. The predicted octanol–water partition coefficient (Wildman–Crippen LogP) is 5.74. The fourth-order valence-corrected chi connectivity index (χ4v) is 3.97. The molecule has 0 bridgehead atoms. The van der Waals surface area contributed by atoms with Crippen LogP contribution in [0.1, 0.15) is 71.4 Å². The van der Waals surface area contributed by atoms with Crippen molar-refractivity contribution >= 4 is 23.2 Å². The van der Waals surface area contributed by atoms with Gasteiger partial charge in [0.1, 0.15) is 17.3 Å². The summed E-state index contributed by atoms with van der Waals surface area (Å²) in [5.74, 6) is -0.735. The van der Waals surface area contributed by atoms with Gasteiger partial charge in [-0.15, -0.1) is 0 Å². The number of unbranched alkanes of at least 4 members (excludes halogenated alkanes) is 2. The van der Waals surface area contributed by atoms with E-state index < -0.39 is 11.8 Å². The van der Waals surface area contributed by atoms with Crippen LogP contribution >= 0.6 is 0 Å². The van der Waals surface area contributed by atoms with E-state index in [0.29, 0.717) is 62.5 Å². The Bertz CT molecular complexity index is 1310. The van der Waals surface area contributed by atoms with E-state index in [4.69, 9.17) is 14.2 Å². The second kappa shape index (κ2) is 13.5. The molecule has 0 radical (unpaired) electrons. The second-order valence-corrected chi connectivity index (χ2v) is 9.38. The van der Waals surface area contributed by atoms with Crippen molar-refractivity contribution in [1.29, 1.82) is 0 Å². The molecule has 0 aliphatic heterocycles. The molecule has 0 saturated carbocycles. The van der Waals surface area contributed by atoms with Crippen LogP contribution in [0.15, 0.2) is 67.0 Å². The molecule has 8 heteroatoms. The number of anilines is 1. The third kappa shape index (κ3) is 7.16. The average Bonchev–Trinajstić information content (AvgIpc) is 2.91. The number of esters is 1. The van der Waals surface area contributed by atoms with Gasteiger partial charge in [-0.1, -0.05) is 44.0 Å². The normalized spacial score (nSPS) is 11.7. The number of carbonyl (C=O) groups excluding carboxylic acids is 3. The van der Waals surface area contributed by atoms with Crippen LogP contribution < -0.4 is 10.1 Å². The van der Waals surface area contributed by atoms with E-state index in [9.17, 15) is 19.5 Å².